The Kier molecular flexibility index (Phi) is 4.29. The first kappa shape index (κ1) is 14.8. The van der Waals surface area contributed by atoms with Crippen LogP contribution in [0.2, 0.25) is 0 Å². The number of aryl methyl sites for hydroxylation is 1. The van der Waals surface area contributed by atoms with Gasteiger partial charge in [-0.1, -0.05) is 11.2 Å². The van der Waals surface area contributed by atoms with Crippen LogP contribution >= 0.6 is 31.9 Å². The van der Waals surface area contributed by atoms with Crippen molar-refractivity contribution in [3.63, 3.8) is 0 Å². The minimum atomic E-state index is -1.14. The van der Waals surface area contributed by atoms with Gasteiger partial charge in [-0.3, -0.25) is 0 Å². The molecule has 7 heteroatoms. The van der Waals surface area contributed by atoms with Crippen LogP contribution in [0.3, 0.4) is 0 Å². The van der Waals surface area contributed by atoms with E-state index < -0.39 is 5.97 Å². The van der Waals surface area contributed by atoms with Gasteiger partial charge in [0.2, 0.25) is 0 Å². The number of aromatic nitrogens is 1. The van der Waals surface area contributed by atoms with E-state index in [2.05, 4.69) is 37.0 Å². The van der Waals surface area contributed by atoms with Crippen molar-refractivity contribution in [2.24, 2.45) is 0 Å². The van der Waals surface area contributed by atoms with Gasteiger partial charge in [-0.25, -0.2) is 4.79 Å². The molecule has 0 aliphatic rings. The van der Waals surface area contributed by atoms with Crippen molar-refractivity contribution in [1.29, 1.82) is 0 Å². The third-order valence-electron chi connectivity index (χ3n) is 2.52. The lowest BCUT2D eigenvalue weighted by molar-refractivity contribution is -0.130. The van der Waals surface area contributed by atoms with Crippen LogP contribution in [0.4, 0.5) is 0 Å². The fourth-order valence-electron chi connectivity index (χ4n) is 1.55. The van der Waals surface area contributed by atoms with Gasteiger partial charge in [0.05, 0.1) is 14.6 Å². The number of hydrogen-bond acceptors (Lipinski definition) is 4. The van der Waals surface area contributed by atoms with E-state index in [4.69, 9.17) is 4.52 Å². The molecule has 0 fully saturated rings. The van der Waals surface area contributed by atoms with Gasteiger partial charge in [-0.05, 0) is 56.5 Å². The number of aromatic hydroxyl groups is 1. The van der Waals surface area contributed by atoms with Crippen LogP contribution in [0, 0.1) is 6.92 Å². The second-order valence-corrected chi connectivity index (χ2v) is 5.64. The van der Waals surface area contributed by atoms with Gasteiger partial charge in [-0.2, -0.15) is 0 Å². The highest BCUT2D eigenvalue weighted by atomic mass is 79.9. The molecular formula is C13H9Br2NO4. The molecular weight excluding hydrogens is 394 g/mol. The number of aliphatic carboxylic acids is 1. The van der Waals surface area contributed by atoms with E-state index in [1.54, 1.807) is 19.1 Å². The maximum Gasteiger partial charge on any atom is 0.339 e. The minimum absolute atomic E-state index is 0.00256. The van der Waals surface area contributed by atoms with E-state index in [1.807, 2.05) is 0 Å². The Morgan fingerprint density at radius 1 is 1.40 bits per heavy atom. The summed E-state index contributed by atoms with van der Waals surface area (Å²) in [6.07, 6.45) is 1.40. The molecule has 0 saturated carbocycles. The van der Waals surface area contributed by atoms with E-state index in [1.165, 1.54) is 12.1 Å². The Labute approximate surface area is 131 Å². The summed E-state index contributed by atoms with van der Waals surface area (Å²) in [6.45, 7) is 1.70. The van der Waals surface area contributed by atoms with Crippen LogP contribution in [-0.4, -0.2) is 21.3 Å². The maximum absolute atomic E-state index is 11.3. The monoisotopic (exact) mass is 401 g/mol. The Morgan fingerprint density at radius 3 is 2.65 bits per heavy atom. The fourth-order valence-corrected chi connectivity index (χ4v) is 2.61. The first-order valence-electron chi connectivity index (χ1n) is 5.45. The summed E-state index contributed by atoms with van der Waals surface area (Å²) in [4.78, 5) is 11.3. The quantitative estimate of drug-likeness (QED) is 0.762. The molecule has 0 unspecified atom stereocenters. The molecule has 0 aliphatic heterocycles. The molecule has 1 aromatic carbocycles. The molecule has 0 spiro atoms. The maximum atomic E-state index is 11.3. The van der Waals surface area contributed by atoms with E-state index in [-0.39, 0.29) is 17.1 Å². The molecule has 2 N–H and O–H groups in total. The highest BCUT2D eigenvalue weighted by Gasteiger charge is 2.17. The summed E-state index contributed by atoms with van der Waals surface area (Å²) in [5, 5.41) is 22.7. The van der Waals surface area contributed by atoms with Crippen molar-refractivity contribution in [2.75, 3.05) is 0 Å². The summed E-state index contributed by atoms with van der Waals surface area (Å²) >= 11 is 6.40. The van der Waals surface area contributed by atoms with Crippen molar-refractivity contribution in [1.82, 2.24) is 5.16 Å². The Balaban J connectivity index is 2.55. The van der Waals surface area contributed by atoms with Gasteiger partial charge in [0.15, 0.2) is 5.76 Å². The molecule has 2 rings (SSSR count). The SMILES string of the molecule is Cc1cc(/C(=C/c2ccc(Br)c(O)c2Br)C(=O)O)on1. The van der Waals surface area contributed by atoms with Gasteiger partial charge in [-0.15, -0.1) is 0 Å². The number of carbonyl (C=O) groups is 1. The standard InChI is InChI=1S/C13H9Br2NO4/c1-6-4-10(20-16-6)8(13(18)19)5-7-2-3-9(14)12(17)11(7)15/h2-5,17H,1H3,(H,18,19)/b8-5-. The molecule has 20 heavy (non-hydrogen) atoms. The number of phenolic OH excluding ortho intramolecular Hbond substituents is 1. The first-order valence-corrected chi connectivity index (χ1v) is 7.04. The zero-order valence-electron chi connectivity index (χ0n) is 10.2. The summed E-state index contributed by atoms with van der Waals surface area (Å²) in [7, 11) is 0. The molecule has 104 valence electrons. The molecule has 0 aliphatic carbocycles. The third-order valence-corrected chi connectivity index (χ3v) is 3.99. The smallest absolute Gasteiger partial charge is 0.339 e. The van der Waals surface area contributed by atoms with Crippen molar-refractivity contribution in [3.8, 4) is 5.75 Å². The number of benzene rings is 1. The number of rotatable bonds is 3. The number of carboxylic acid groups (broad SMARTS) is 1. The number of phenols is 1. The van der Waals surface area contributed by atoms with Crippen LogP contribution in [0.5, 0.6) is 5.75 Å². The minimum Gasteiger partial charge on any atom is -0.506 e. The number of carboxylic acids is 1. The first-order chi connectivity index (χ1) is 9.40. The van der Waals surface area contributed by atoms with Gasteiger partial charge >= 0.3 is 5.97 Å². The van der Waals surface area contributed by atoms with Crippen molar-refractivity contribution >= 4 is 49.5 Å². The summed E-state index contributed by atoms with van der Waals surface area (Å²) in [5.41, 5.74) is 1.05. The largest absolute Gasteiger partial charge is 0.506 e. The molecule has 2 aromatic rings. The van der Waals surface area contributed by atoms with Crippen LogP contribution in [0.25, 0.3) is 11.6 Å². The summed E-state index contributed by atoms with van der Waals surface area (Å²) in [5.74, 6) is -0.989. The highest BCUT2D eigenvalue weighted by Crippen LogP contribution is 2.36. The number of halogens is 2. The van der Waals surface area contributed by atoms with Crippen LogP contribution < -0.4 is 0 Å². The molecule has 0 radical (unpaired) electrons. The van der Waals surface area contributed by atoms with E-state index in [0.717, 1.165) is 0 Å². The van der Waals surface area contributed by atoms with Gasteiger partial charge in [0, 0.05) is 6.07 Å². The zero-order chi connectivity index (χ0) is 14.9. The predicted molar refractivity (Wildman–Crippen MR) is 80.3 cm³/mol. The molecule has 0 saturated heterocycles. The van der Waals surface area contributed by atoms with E-state index in [9.17, 15) is 15.0 Å². The van der Waals surface area contributed by atoms with Crippen molar-refractivity contribution in [2.45, 2.75) is 6.92 Å². The molecule has 0 atom stereocenters. The Bertz CT molecular complexity index is 706. The average Bonchev–Trinajstić information content (AvgIpc) is 2.81. The second kappa shape index (κ2) is 5.80. The normalized spacial score (nSPS) is 11.7. The van der Waals surface area contributed by atoms with Crippen LogP contribution in [0.15, 0.2) is 31.7 Å². The summed E-state index contributed by atoms with van der Waals surface area (Å²) < 4.78 is 5.87. The van der Waals surface area contributed by atoms with Crippen molar-refractivity contribution < 1.29 is 19.5 Å². The van der Waals surface area contributed by atoms with Gasteiger partial charge in [0.25, 0.3) is 0 Å². The van der Waals surface area contributed by atoms with E-state index >= 15 is 0 Å². The number of nitrogens with zero attached hydrogens (tertiary/aromatic N) is 1. The highest BCUT2D eigenvalue weighted by molar-refractivity contribution is 9.11. The molecule has 1 aromatic heterocycles. The molecule has 5 nitrogen and oxygen atoms in total. The van der Waals surface area contributed by atoms with Gasteiger partial charge in [0.1, 0.15) is 11.3 Å². The van der Waals surface area contributed by atoms with E-state index in [0.29, 0.717) is 20.2 Å². The lowest BCUT2D eigenvalue weighted by atomic mass is 10.1. The summed E-state index contributed by atoms with van der Waals surface area (Å²) in [6, 6.07) is 4.82. The van der Waals surface area contributed by atoms with Gasteiger partial charge < -0.3 is 14.7 Å². The predicted octanol–water partition coefficient (Wildman–Crippen LogP) is 3.84. The lowest BCUT2D eigenvalue weighted by Crippen LogP contribution is -1.98. The zero-order valence-corrected chi connectivity index (χ0v) is 13.4. The topological polar surface area (TPSA) is 83.6 Å². The third kappa shape index (κ3) is 2.94. The fraction of sp³-hybridized carbons (Fsp3) is 0.0769. The van der Waals surface area contributed by atoms with Crippen LogP contribution in [0.1, 0.15) is 17.0 Å². The molecule has 1 heterocycles. The molecule has 0 amide bonds. The number of hydrogen-bond donors (Lipinski definition) is 2. The average molecular weight is 403 g/mol. The lowest BCUT2D eigenvalue weighted by Gasteiger charge is -2.05. The van der Waals surface area contributed by atoms with Crippen molar-refractivity contribution in [3.05, 3.63) is 44.2 Å². The second-order valence-electron chi connectivity index (χ2n) is 3.99. The Morgan fingerprint density at radius 2 is 2.10 bits per heavy atom. The molecule has 0 bridgehead atoms. The Hall–Kier alpha value is -1.60. The van der Waals surface area contributed by atoms with Crippen LogP contribution in [-0.2, 0) is 4.79 Å².